The first-order valence-electron chi connectivity index (χ1n) is 9.42. The molecular weight excluding hydrogens is 372 g/mol. The fourth-order valence-corrected chi connectivity index (χ4v) is 3.46. The van der Waals surface area contributed by atoms with Crippen molar-refractivity contribution in [1.82, 2.24) is 9.55 Å². The molecule has 0 fully saturated rings. The van der Waals surface area contributed by atoms with Crippen molar-refractivity contribution < 1.29 is 23.8 Å². The molecular formula is C22H22N2O5. The third-order valence-electron chi connectivity index (χ3n) is 4.98. The predicted molar refractivity (Wildman–Crippen MR) is 106 cm³/mol. The summed E-state index contributed by atoms with van der Waals surface area (Å²) in [7, 11) is 0. The second-order valence-corrected chi connectivity index (χ2v) is 6.98. The highest BCUT2D eigenvalue weighted by molar-refractivity contribution is 6.00. The van der Waals surface area contributed by atoms with Crippen molar-refractivity contribution in [1.29, 1.82) is 0 Å². The summed E-state index contributed by atoms with van der Waals surface area (Å²) < 4.78 is 19.0. The number of nitrogens with zero attached hydrogens (tertiary/aromatic N) is 1. The lowest BCUT2D eigenvalue weighted by Crippen LogP contribution is -2.33. The molecule has 3 heterocycles. The number of aromatic nitrogens is 2. The Labute approximate surface area is 168 Å². The molecule has 2 aromatic heterocycles. The number of Topliss-reactive ketones (excluding diaryl/α,β-unsaturated/α-hetero) is 1. The van der Waals surface area contributed by atoms with E-state index in [0.717, 1.165) is 22.9 Å². The van der Waals surface area contributed by atoms with E-state index in [1.54, 1.807) is 18.3 Å². The van der Waals surface area contributed by atoms with Crippen LogP contribution in [0.5, 0.6) is 11.5 Å². The number of aryl methyl sites for hydroxylation is 1. The Morgan fingerprint density at radius 1 is 1.17 bits per heavy atom. The van der Waals surface area contributed by atoms with Gasteiger partial charge in [0, 0.05) is 23.1 Å². The minimum Gasteiger partial charge on any atom is -0.486 e. The van der Waals surface area contributed by atoms with Gasteiger partial charge < -0.3 is 23.8 Å². The summed E-state index contributed by atoms with van der Waals surface area (Å²) in [6.07, 6.45) is 1.46. The first-order valence-corrected chi connectivity index (χ1v) is 9.42. The van der Waals surface area contributed by atoms with E-state index in [-0.39, 0.29) is 18.5 Å². The standard InChI is InChI=1S/C22H22N2O5/c1-14-10-17(19(25)13-28-22(26)18-6-5-9-23-18)15(2)24(14)11-16-12-27-20-7-3-4-8-21(20)29-16/h3-10,16,23H,11-13H2,1-2H3/t16-/m0/s1. The molecule has 0 aliphatic carbocycles. The highest BCUT2D eigenvalue weighted by Crippen LogP contribution is 2.31. The van der Waals surface area contributed by atoms with Gasteiger partial charge in [0.2, 0.25) is 5.78 Å². The number of esters is 1. The number of H-pyrrole nitrogens is 1. The fraction of sp³-hybridized carbons (Fsp3) is 0.273. The molecule has 0 bridgehead atoms. The third kappa shape index (κ3) is 3.89. The lowest BCUT2D eigenvalue weighted by atomic mass is 10.1. The van der Waals surface area contributed by atoms with Crippen LogP contribution in [-0.2, 0) is 11.3 Å². The largest absolute Gasteiger partial charge is 0.486 e. The molecule has 1 aliphatic rings. The van der Waals surface area contributed by atoms with E-state index in [1.165, 1.54) is 0 Å². The number of rotatable bonds is 6. The Morgan fingerprint density at radius 3 is 2.72 bits per heavy atom. The van der Waals surface area contributed by atoms with Crippen molar-refractivity contribution in [3.8, 4) is 11.5 Å². The van der Waals surface area contributed by atoms with E-state index in [2.05, 4.69) is 4.98 Å². The SMILES string of the molecule is Cc1cc(C(=O)COC(=O)c2ccc[nH]2)c(C)n1C[C@H]1COc2ccccc2O1. The molecule has 0 saturated carbocycles. The molecule has 0 unspecified atom stereocenters. The van der Waals surface area contributed by atoms with Crippen LogP contribution in [0.1, 0.15) is 32.2 Å². The maximum Gasteiger partial charge on any atom is 0.355 e. The summed E-state index contributed by atoms with van der Waals surface area (Å²) in [5.41, 5.74) is 2.60. The molecule has 7 heteroatoms. The van der Waals surface area contributed by atoms with E-state index in [9.17, 15) is 9.59 Å². The van der Waals surface area contributed by atoms with Gasteiger partial charge in [0.05, 0.1) is 6.54 Å². The van der Waals surface area contributed by atoms with Crippen LogP contribution in [0.2, 0.25) is 0 Å². The van der Waals surface area contributed by atoms with E-state index in [0.29, 0.717) is 24.4 Å². The topological polar surface area (TPSA) is 82.6 Å². The number of carbonyl (C=O) groups is 2. The number of nitrogens with one attached hydrogen (secondary N) is 1. The van der Waals surface area contributed by atoms with Gasteiger partial charge in [-0.05, 0) is 44.2 Å². The second-order valence-electron chi connectivity index (χ2n) is 6.98. The summed E-state index contributed by atoms with van der Waals surface area (Å²) in [5.74, 6) is 0.669. The van der Waals surface area contributed by atoms with Crippen LogP contribution in [0.25, 0.3) is 0 Å². The summed E-state index contributed by atoms with van der Waals surface area (Å²) in [6, 6.07) is 12.7. The average Bonchev–Trinajstić information content (AvgIpc) is 3.36. The summed E-state index contributed by atoms with van der Waals surface area (Å²) >= 11 is 0. The van der Waals surface area contributed by atoms with E-state index in [1.807, 2.05) is 48.7 Å². The van der Waals surface area contributed by atoms with Crippen LogP contribution < -0.4 is 9.47 Å². The van der Waals surface area contributed by atoms with Crippen LogP contribution in [0.4, 0.5) is 0 Å². The number of aromatic amines is 1. The van der Waals surface area contributed by atoms with Crippen LogP contribution in [0.15, 0.2) is 48.7 Å². The van der Waals surface area contributed by atoms with Crippen molar-refractivity contribution >= 4 is 11.8 Å². The van der Waals surface area contributed by atoms with Crippen molar-refractivity contribution in [2.24, 2.45) is 0 Å². The number of ether oxygens (including phenoxy) is 3. The normalized spacial score (nSPS) is 15.2. The Bertz CT molecular complexity index is 1040. The highest BCUT2D eigenvalue weighted by atomic mass is 16.6. The minimum atomic E-state index is -0.552. The lowest BCUT2D eigenvalue weighted by molar-refractivity contribution is 0.0469. The van der Waals surface area contributed by atoms with Crippen LogP contribution >= 0.6 is 0 Å². The fourth-order valence-electron chi connectivity index (χ4n) is 3.46. The highest BCUT2D eigenvalue weighted by Gasteiger charge is 2.24. The average molecular weight is 394 g/mol. The Morgan fingerprint density at radius 2 is 1.97 bits per heavy atom. The number of benzene rings is 1. The van der Waals surface area contributed by atoms with Gasteiger partial charge in [0.1, 0.15) is 12.3 Å². The zero-order valence-electron chi connectivity index (χ0n) is 16.3. The van der Waals surface area contributed by atoms with Crippen molar-refractivity contribution in [3.05, 3.63) is 71.3 Å². The smallest absolute Gasteiger partial charge is 0.355 e. The monoisotopic (exact) mass is 394 g/mol. The molecule has 29 heavy (non-hydrogen) atoms. The predicted octanol–water partition coefficient (Wildman–Crippen LogP) is 3.31. The maximum absolute atomic E-state index is 12.6. The van der Waals surface area contributed by atoms with E-state index in [4.69, 9.17) is 14.2 Å². The van der Waals surface area contributed by atoms with Gasteiger partial charge >= 0.3 is 5.97 Å². The van der Waals surface area contributed by atoms with E-state index >= 15 is 0 Å². The quantitative estimate of drug-likeness (QED) is 0.512. The maximum atomic E-state index is 12.6. The molecule has 1 N–H and O–H groups in total. The molecule has 0 saturated heterocycles. The van der Waals surface area contributed by atoms with Crippen LogP contribution in [-0.4, -0.2) is 40.6 Å². The van der Waals surface area contributed by atoms with Gasteiger partial charge in [-0.25, -0.2) is 4.79 Å². The van der Waals surface area contributed by atoms with Gasteiger partial charge in [-0.2, -0.15) is 0 Å². The molecule has 0 radical (unpaired) electrons. The molecule has 7 nitrogen and oxygen atoms in total. The first kappa shape index (κ1) is 18.9. The van der Waals surface area contributed by atoms with Crippen molar-refractivity contribution in [2.75, 3.05) is 13.2 Å². The van der Waals surface area contributed by atoms with Crippen LogP contribution in [0, 0.1) is 13.8 Å². The number of hydrogen-bond donors (Lipinski definition) is 1. The summed E-state index contributed by atoms with van der Waals surface area (Å²) in [5, 5.41) is 0. The van der Waals surface area contributed by atoms with Gasteiger partial charge in [0.25, 0.3) is 0 Å². The second kappa shape index (κ2) is 7.87. The van der Waals surface area contributed by atoms with Crippen molar-refractivity contribution in [2.45, 2.75) is 26.5 Å². The Hall–Kier alpha value is -3.48. The minimum absolute atomic E-state index is 0.164. The Balaban J connectivity index is 1.42. The zero-order valence-corrected chi connectivity index (χ0v) is 16.3. The van der Waals surface area contributed by atoms with Gasteiger partial charge in [0.15, 0.2) is 24.2 Å². The molecule has 3 aromatic rings. The first-order chi connectivity index (χ1) is 14.0. The summed E-state index contributed by atoms with van der Waals surface area (Å²) in [4.78, 5) is 27.3. The molecule has 4 rings (SSSR count). The van der Waals surface area contributed by atoms with Gasteiger partial charge in [-0.1, -0.05) is 12.1 Å². The van der Waals surface area contributed by atoms with Crippen molar-refractivity contribution in [3.63, 3.8) is 0 Å². The molecule has 1 aromatic carbocycles. The molecule has 0 spiro atoms. The number of ketones is 1. The number of hydrogen-bond acceptors (Lipinski definition) is 5. The number of carbonyl (C=O) groups excluding carboxylic acids is 2. The van der Waals surface area contributed by atoms with E-state index < -0.39 is 5.97 Å². The van der Waals surface area contributed by atoms with Gasteiger partial charge in [-0.15, -0.1) is 0 Å². The molecule has 1 aliphatic heterocycles. The third-order valence-corrected chi connectivity index (χ3v) is 4.98. The molecule has 0 amide bonds. The van der Waals surface area contributed by atoms with Gasteiger partial charge in [-0.3, -0.25) is 4.79 Å². The zero-order chi connectivity index (χ0) is 20.4. The number of para-hydroxylation sites is 2. The number of fused-ring (bicyclic) bond motifs is 1. The molecule has 1 atom stereocenters. The Kier molecular flexibility index (Phi) is 5.12. The lowest BCUT2D eigenvalue weighted by Gasteiger charge is -2.27. The summed E-state index contributed by atoms with van der Waals surface area (Å²) in [6.45, 7) is 4.50. The van der Waals surface area contributed by atoms with Crippen LogP contribution in [0.3, 0.4) is 0 Å². The molecule has 150 valence electrons.